The molecule has 3 nitrogen and oxygen atoms in total. The third-order valence-electron chi connectivity index (χ3n) is 3.24. The molecular weight excluding hydrogens is 252 g/mol. The quantitative estimate of drug-likeness (QED) is 0.697. The Kier molecular flexibility index (Phi) is 2.88. The Bertz CT molecular complexity index is 789. The summed E-state index contributed by atoms with van der Waals surface area (Å²) in [6.07, 6.45) is 0. The Hall–Kier alpha value is -2.81. The molecule has 3 heteroatoms. The average Bonchev–Trinajstić information content (AvgIpc) is 2.46. The van der Waals surface area contributed by atoms with Crippen molar-refractivity contribution in [1.82, 2.24) is 0 Å². The molecule has 0 bridgehead atoms. The van der Waals surface area contributed by atoms with E-state index in [0.29, 0.717) is 11.1 Å². The first kappa shape index (κ1) is 12.2. The SMILES string of the molecule is O=C(c1ccc(O)cc1)c1cccc2cc(O)ccc12. The highest BCUT2D eigenvalue weighted by molar-refractivity contribution is 6.16. The predicted molar refractivity (Wildman–Crippen MR) is 77.2 cm³/mol. The normalized spacial score (nSPS) is 10.6. The van der Waals surface area contributed by atoms with Crippen molar-refractivity contribution < 1.29 is 15.0 Å². The maximum atomic E-state index is 12.5. The van der Waals surface area contributed by atoms with Gasteiger partial charge in [0.25, 0.3) is 0 Å². The van der Waals surface area contributed by atoms with Gasteiger partial charge in [-0.2, -0.15) is 0 Å². The molecule has 0 heterocycles. The predicted octanol–water partition coefficient (Wildman–Crippen LogP) is 3.48. The van der Waals surface area contributed by atoms with E-state index in [1.165, 1.54) is 12.1 Å². The summed E-state index contributed by atoms with van der Waals surface area (Å²) in [4.78, 5) is 12.5. The van der Waals surface area contributed by atoms with Crippen LogP contribution in [0.2, 0.25) is 0 Å². The minimum atomic E-state index is -0.110. The number of fused-ring (bicyclic) bond motifs is 1. The van der Waals surface area contributed by atoms with Crippen LogP contribution in [0.1, 0.15) is 15.9 Å². The lowest BCUT2D eigenvalue weighted by atomic mass is 9.97. The standard InChI is InChI=1S/C17H12O3/c18-13-6-4-11(5-7-13)17(20)16-3-1-2-12-10-14(19)8-9-15(12)16/h1-10,18-19H. The van der Waals surface area contributed by atoms with E-state index in [9.17, 15) is 15.0 Å². The van der Waals surface area contributed by atoms with E-state index in [0.717, 1.165) is 10.8 Å². The van der Waals surface area contributed by atoms with Gasteiger partial charge in [-0.25, -0.2) is 0 Å². The topological polar surface area (TPSA) is 57.5 Å². The highest BCUT2D eigenvalue weighted by Gasteiger charge is 2.12. The second-order valence-corrected chi connectivity index (χ2v) is 4.59. The summed E-state index contributed by atoms with van der Waals surface area (Å²) in [5, 5.41) is 20.4. The average molecular weight is 264 g/mol. The molecule has 0 atom stereocenters. The van der Waals surface area contributed by atoms with Gasteiger partial charge in [0.2, 0.25) is 0 Å². The molecule has 0 saturated heterocycles. The summed E-state index contributed by atoms with van der Waals surface area (Å²) in [6, 6.07) is 16.5. The molecule has 0 radical (unpaired) electrons. The fourth-order valence-electron chi connectivity index (χ4n) is 2.24. The zero-order valence-electron chi connectivity index (χ0n) is 10.6. The number of hydrogen-bond donors (Lipinski definition) is 2. The number of rotatable bonds is 2. The van der Waals surface area contributed by atoms with Gasteiger partial charge in [0.05, 0.1) is 0 Å². The van der Waals surface area contributed by atoms with Gasteiger partial charge < -0.3 is 10.2 Å². The van der Waals surface area contributed by atoms with Crippen LogP contribution in [-0.2, 0) is 0 Å². The van der Waals surface area contributed by atoms with Crippen molar-refractivity contribution in [2.75, 3.05) is 0 Å². The molecule has 3 rings (SSSR count). The van der Waals surface area contributed by atoms with E-state index in [1.807, 2.05) is 6.07 Å². The molecule has 0 aliphatic carbocycles. The molecule has 3 aromatic rings. The lowest BCUT2D eigenvalue weighted by Crippen LogP contribution is -2.01. The lowest BCUT2D eigenvalue weighted by molar-refractivity contribution is 0.104. The van der Waals surface area contributed by atoms with Crippen molar-refractivity contribution in [3.63, 3.8) is 0 Å². The molecule has 0 fully saturated rings. The number of aromatic hydroxyl groups is 2. The second-order valence-electron chi connectivity index (χ2n) is 4.59. The zero-order valence-corrected chi connectivity index (χ0v) is 10.6. The molecule has 98 valence electrons. The van der Waals surface area contributed by atoms with Crippen molar-refractivity contribution in [2.24, 2.45) is 0 Å². The van der Waals surface area contributed by atoms with Gasteiger partial charge in [-0.3, -0.25) is 4.79 Å². The number of phenolic OH excluding ortho intramolecular Hbond substituents is 2. The summed E-state index contributed by atoms with van der Waals surface area (Å²) < 4.78 is 0. The number of carbonyl (C=O) groups is 1. The van der Waals surface area contributed by atoms with Crippen LogP contribution in [0.15, 0.2) is 60.7 Å². The number of carbonyl (C=O) groups excluding carboxylic acids is 1. The van der Waals surface area contributed by atoms with Crippen LogP contribution in [-0.4, -0.2) is 16.0 Å². The lowest BCUT2D eigenvalue weighted by Gasteiger charge is -2.06. The van der Waals surface area contributed by atoms with Crippen LogP contribution in [0.25, 0.3) is 10.8 Å². The maximum absolute atomic E-state index is 12.5. The molecule has 0 aliphatic rings. The Balaban J connectivity index is 2.14. The van der Waals surface area contributed by atoms with Crippen molar-refractivity contribution in [2.45, 2.75) is 0 Å². The fourth-order valence-corrected chi connectivity index (χ4v) is 2.24. The van der Waals surface area contributed by atoms with E-state index < -0.39 is 0 Å². The Morgan fingerprint density at radius 2 is 1.50 bits per heavy atom. The molecule has 0 aromatic heterocycles. The molecule has 0 spiro atoms. The maximum Gasteiger partial charge on any atom is 0.193 e. The van der Waals surface area contributed by atoms with Crippen LogP contribution >= 0.6 is 0 Å². The Morgan fingerprint density at radius 3 is 2.25 bits per heavy atom. The Morgan fingerprint density at radius 1 is 0.800 bits per heavy atom. The third-order valence-corrected chi connectivity index (χ3v) is 3.24. The summed E-state index contributed by atoms with van der Waals surface area (Å²) in [7, 11) is 0. The number of hydrogen-bond acceptors (Lipinski definition) is 3. The minimum Gasteiger partial charge on any atom is -0.508 e. The van der Waals surface area contributed by atoms with E-state index in [4.69, 9.17) is 0 Å². The van der Waals surface area contributed by atoms with Gasteiger partial charge in [-0.1, -0.05) is 18.2 Å². The number of benzene rings is 3. The first-order valence-corrected chi connectivity index (χ1v) is 6.20. The van der Waals surface area contributed by atoms with Crippen LogP contribution in [0.5, 0.6) is 11.5 Å². The van der Waals surface area contributed by atoms with Gasteiger partial charge in [0.15, 0.2) is 5.78 Å². The van der Waals surface area contributed by atoms with Gasteiger partial charge in [-0.15, -0.1) is 0 Å². The van der Waals surface area contributed by atoms with E-state index in [1.54, 1.807) is 42.5 Å². The number of phenols is 2. The van der Waals surface area contributed by atoms with E-state index in [2.05, 4.69) is 0 Å². The van der Waals surface area contributed by atoms with Crippen LogP contribution in [0.4, 0.5) is 0 Å². The molecule has 0 saturated carbocycles. The molecular formula is C17H12O3. The molecule has 20 heavy (non-hydrogen) atoms. The van der Waals surface area contributed by atoms with Crippen molar-refractivity contribution in [3.8, 4) is 11.5 Å². The largest absolute Gasteiger partial charge is 0.508 e. The monoisotopic (exact) mass is 264 g/mol. The van der Waals surface area contributed by atoms with Crippen LogP contribution in [0.3, 0.4) is 0 Å². The highest BCUT2D eigenvalue weighted by Crippen LogP contribution is 2.25. The molecule has 0 aliphatic heterocycles. The summed E-state index contributed by atoms with van der Waals surface area (Å²) in [5.41, 5.74) is 1.09. The molecule has 0 amide bonds. The van der Waals surface area contributed by atoms with Gasteiger partial charge in [-0.05, 0) is 53.2 Å². The second kappa shape index (κ2) is 4.70. The van der Waals surface area contributed by atoms with Crippen molar-refractivity contribution in [3.05, 3.63) is 71.8 Å². The van der Waals surface area contributed by atoms with E-state index in [-0.39, 0.29) is 17.3 Å². The van der Waals surface area contributed by atoms with E-state index >= 15 is 0 Å². The van der Waals surface area contributed by atoms with Crippen LogP contribution in [0, 0.1) is 0 Å². The Labute approximate surface area is 115 Å². The summed E-state index contributed by atoms with van der Waals surface area (Å²) >= 11 is 0. The third kappa shape index (κ3) is 2.10. The summed E-state index contributed by atoms with van der Waals surface area (Å²) in [6.45, 7) is 0. The number of ketones is 1. The zero-order chi connectivity index (χ0) is 14.1. The first-order valence-electron chi connectivity index (χ1n) is 6.20. The van der Waals surface area contributed by atoms with Crippen molar-refractivity contribution >= 4 is 16.6 Å². The minimum absolute atomic E-state index is 0.110. The summed E-state index contributed by atoms with van der Waals surface area (Å²) in [5.74, 6) is 0.192. The smallest absolute Gasteiger partial charge is 0.193 e. The van der Waals surface area contributed by atoms with Gasteiger partial charge in [0, 0.05) is 11.1 Å². The highest BCUT2D eigenvalue weighted by atomic mass is 16.3. The molecule has 2 N–H and O–H groups in total. The van der Waals surface area contributed by atoms with Crippen LogP contribution < -0.4 is 0 Å². The van der Waals surface area contributed by atoms with Gasteiger partial charge >= 0.3 is 0 Å². The first-order chi connectivity index (χ1) is 9.65. The van der Waals surface area contributed by atoms with Crippen molar-refractivity contribution in [1.29, 1.82) is 0 Å². The molecule has 0 unspecified atom stereocenters. The molecule has 3 aromatic carbocycles. The fraction of sp³-hybridized carbons (Fsp3) is 0. The van der Waals surface area contributed by atoms with Gasteiger partial charge in [0.1, 0.15) is 11.5 Å².